The van der Waals surface area contributed by atoms with Gasteiger partial charge in [-0.25, -0.2) is 9.18 Å². The number of nitrogens with one attached hydrogen (secondary N) is 2. The van der Waals surface area contributed by atoms with Gasteiger partial charge in [0.05, 0.1) is 6.61 Å². The molecule has 0 atom stereocenters. The Hall–Kier alpha value is -2.40. The summed E-state index contributed by atoms with van der Waals surface area (Å²) in [4.78, 5) is 11.6. The zero-order chi connectivity index (χ0) is 14.4. The van der Waals surface area contributed by atoms with Gasteiger partial charge in [-0.1, -0.05) is 30.3 Å². The van der Waals surface area contributed by atoms with Crippen molar-refractivity contribution in [3.05, 3.63) is 65.5 Å². The Kier molecular flexibility index (Phi) is 4.68. The van der Waals surface area contributed by atoms with Crippen LogP contribution in [0.15, 0.2) is 48.5 Å². The highest BCUT2D eigenvalue weighted by Gasteiger charge is 2.04. The van der Waals surface area contributed by atoms with Crippen molar-refractivity contribution in [2.45, 2.75) is 13.2 Å². The highest BCUT2D eigenvalue weighted by atomic mass is 19.1. The second-order valence-electron chi connectivity index (χ2n) is 4.26. The van der Waals surface area contributed by atoms with E-state index in [9.17, 15) is 9.18 Å². The van der Waals surface area contributed by atoms with E-state index in [0.29, 0.717) is 11.3 Å². The third-order valence-corrected chi connectivity index (χ3v) is 2.77. The number of rotatable bonds is 4. The second-order valence-corrected chi connectivity index (χ2v) is 4.26. The van der Waals surface area contributed by atoms with Crippen molar-refractivity contribution >= 4 is 11.7 Å². The van der Waals surface area contributed by atoms with E-state index >= 15 is 0 Å². The molecule has 0 aliphatic carbocycles. The van der Waals surface area contributed by atoms with E-state index in [4.69, 9.17) is 5.11 Å². The molecule has 2 aromatic rings. The minimum atomic E-state index is -0.477. The SMILES string of the molecule is O=C(NCc1ccc(CO)c(F)c1)Nc1ccccc1. The first-order chi connectivity index (χ1) is 9.69. The zero-order valence-corrected chi connectivity index (χ0v) is 10.8. The van der Waals surface area contributed by atoms with Crippen LogP contribution in [0, 0.1) is 5.82 Å². The Bertz CT molecular complexity index is 588. The Labute approximate surface area is 116 Å². The highest BCUT2D eigenvalue weighted by Crippen LogP contribution is 2.10. The normalized spacial score (nSPS) is 10.1. The first-order valence-corrected chi connectivity index (χ1v) is 6.17. The van der Waals surface area contributed by atoms with Crippen molar-refractivity contribution in [2.24, 2.45) is 0 Å². The average molecular weight is 274 g/mol. The lowest BCUT2D eigenvalue weighted by molar-refractivity contribution is 0.251. The van der Waals surface area contributed by atoms with Crippen LogP contribution in [0.5, 0.6) is 0 Å². The smallest absolute Gasteiger partial charge is 0.319 e. The van der Waals surface area contributed by atoms with Gasteiger partial charge in [-0.05, 0) is 23.8 Å². The van der Waals surface area contributed by atoms with Gasteiger partial charge < -0.3 is 15.7 Å². The van der Waals surface area contributed by atoms with Crippen LogP contribution in [0.1, 0.15) is 11.1 Å². The number of anilines is 1. The summed E-state index contributed by atoms with van der Waals surface area (Å²) in [5.74, 6) is -0.477. The van der Waals surface area contributed by atoms with Crippen molar-refractivity contribution < 1.29 is 14.3 Å². The fourth-order valence-corrected chi connectivity index (χ4v) is 1.71. The van der Waals surface area contributed by atoms with Gasteiger partial charge in [0.15, 0.2) is 0 Å². The number of carbonyl (C=O) groups excluding carboxylic acids is 1. The van der Waals surface area contributed by atoms with Crippen molar-refractivity contribution in [1.29, 1.82) is 0 Å². The molecule has 0 saturated heterocycles. The van der Waals surface area contributed by atoms with E-state index in [1.54, 1.807) is 18.2 Å². The number of halogens is 1. The molecule has 2 amide bonds. The summed E-state index contributed by atoms with van der Waals surface area (Å²) in [6.45, 7) is -0.130. The predicted octanol–water partition coefficient (Wildman–Crippen LogP) is 2.64. The maximum Gasteiger partial charge on any atom is 0.319 e. The van der Waals surface area contributed by atoms with E-state index in [0.717, 1.165) is 0 Å². The maximum absolute atomic E-state index is 13.4. The molecular weight excluding hydrogens is 259 g/mol. The molecule has 0 bridgehead atoms. The van der Waals surface area contributed by atoms with Gasteiger partial charge in [-0.3, -0.25) is 0 Å². The standard InChI is InChI=1S/C15H15FN2O2/c16-14-8-11(6-7-12(14)10-19)9-17-15(20)18-13-4-2-1-3-5-13/h1-8,19H,9-10H2,(H2,17,18,20). The van der Waals surface area contributed by atoms with Crippen molar-refractivity contribution in [2.75, 3.05) is 5.32 Å². The topological polar surface area (TPSA) is 61.4 Å². The van der Waals surface area contributed by atoms with Crippen LogP contribution in [0.4, 0.5) is 14.9 Å². The Morgan fingerprint density at radius 1 is 1.15 bits per heavy atom. The number of para-hydroxylation sites is 1. The summed E-state index contributed by atoms with van der Waals surface area (Å²) in [7, 11) is 0. The molecule has 0 radical (unpaired) electrons. The van der Waals surface area contributed by atoms with E-state index in [-0.39, 0.29) is 24.7 Å². The molecule has 0 aliphatic rings. The predicted molar refractivity (Wildman–Crippen MR) is 74.6 cm³/mol. The van der Waals surface area contributed by atoms with Gasteiger partial charge in [0.25, 0.3) is 0 Å². The van der Waals surface area contributed by atoms with Crippen LogP contribution < -0.4 is 10.6 Å². The maximum atomic E-state index is 13.4. The number of aliphatic hydroxyl groups is 1. The number of hydrogen-bond donors (Lipinski definition) is 3. The fourth-order valence-electron chi connectivity index (χ4n) is 1.71. The molecule has 0 aliphatic heterocycles. The molecule has 3 N–H and O–H groups in total. The van der Waals surface area contributed by atoms with Gasteiger partial charge >= 0.3 is 6.03 Å². The van der Waals surface area contributed by atoms with Crippen LogP contribution in [-0.4, -0.2) is 11.1 Å². The van der Waals surface area contributed by atoms with Crippen LogP contribution in [0.3, 0.4) is 0 Å². The Balaban J connectivity index is 1.89. The van der Waals surface area contributed by atoms with Crippen molar-refractivity contribution in [1.82, 2.24) is 5.32 Å². The number of amides is 2. The van der Waals surface area contributed by atoms with E-state index in [1.807, 2.05) is 18.2 Å². The van der Waals surface area contributed by atoms with E-state index < -0.39 is 5.82 Å². The quantitative estimate of drug-likeness (QED) is 0.802. The van der Waals surface area contributed by atoms with E-state index in [2.05, 4.69) is 10.6 Å². The molecule has 2 aromatic carbocycles. The largest absolute Gasteiger partial charge is 0.392 e. The Morgan fingerprint density at radius 3 is 2.55 bits per heavy atom. The summed E-state index contributed by atoms with van der Waals surface area (Å²) in [5, 5.41) is 14.2. The Morgan fingerprint density at radius 2 is 1.90 bits per heavy atom. The summed E-state index contributed by atoms with van der Waals surface area (Å²) >= 11 is 0. The summed E-state index contributed by atoms with van der Waals surface area (Å²) in [6.07, 6.45) is 0. The monoisotopic (exact) mass is 274 g/mol. The first-order valence-electron chi connectivity index (χ1n) is 6.17. The first kappa shape index (κ1) is 14.0. The number of carbonyl (C=O) groups is 1. The minimum Gasteiger partial charge on any atom is -0.392 e. The zero-order valence-electron chi connectivity index (χ0n) is 10.8. The van der Waals surface area contributed by atoms with Gasteiger partial charge in [0, 0.05) is 17.8 Å². The van der Waals surface area contributed by atoms with E-state index in [1.165, 1.54) is 12.1 Å². The summed E-state index contributed by atoms with van der Waals surface area (Å²) in [6, 6.07) is 13.1. The molecule has 104 valence electrons. The van der Waals surface area contributed by atoms with Crippen molar-refractivity contribution in [3.8, 4) is 0 Å². The van der Waals surface area contributed by atoms with Crippen LogP contribution in [0.25, 0.3) is 0 Å². The number of hydrogen-bond acceptors (Lipinski definition) is 2. The van der Waals surface area contributed by atoms with Crippen LogP contribution >= 0.6 is 0 Å². The molecule has 2 rings (SSSR count). The third kappa shape index (κ3) is 3.80. The molecule has 0 unspecified atom stereocenters. The molecule has 4 nitrogen and oxygen atoms in total. The van der Waals surface area contributed by atoms with Gasteiger partial charge in [0.1, 0.15) is 5.82 Å². The van der Waals surface area contributed by atoms with Gasteiger partial charge in [-0.15, -0.1) is 0 Å². The minimum absolute atomic E-state index is 0.210. The molecule has 5 heteroatoms. The molecule has 0 fully saturated rings. The lowest BCUT2D eigenvalue weighted by Gasteiger charge is -2.08. The second kappa shape index (κ2) is 6.68. The number of benzene rings is 2. The average Bonchev–Trinajstić information content (AvgIpc) is 2.46. The van der Waals surface area contributed by atoms with Crippen LogP contribution in [-0.2, 0) is 13.2 Å². The van der Waals surface area contributed by atoms with Gasteiger partial charge in [0.2, 0.25) is 0 Å². The summed E-state index contributed by atoms with van der Waals surface area (Å²) in [5.41, 5.74) is 1.55. The highest BCUT2D eigenvalue weighted by molar-refractivity contribution is 5.89. The van der Waals surface area contributed by atoms with Crippen LogP contribution in [0.2, 0.25) is 0 Å². The lowest BCUT2D eigenvalue weighted by Crippen LogP contribution is -2.28. The van der Waals surface area contributed by atoms with Gasteiger partial charge in [-0.2, -0.15) is 0 Å². The number of aliphatic hydroxyl groups excluding tert-OH is 1. The lowest BCUT2D eigenvalue weighted by atomic mass is 10.1. The van der Waals surface area contributed by atoms with Crippen molar-refractivity contribution in [3.63, 3.8) is 0 Å². The molecule has 0 saturated carbocycles. The molecule has 0 heterocycles. The molecular formula is C15H15FN2O2. The molecule has 20 heavy (non-hydrogen) atoms. The summed E-state index contributed by atoms with van der Waals surface area (Å²) < 4.78 is 13.4. The fraction of sp³-hybridized carbons (Fsp3) is 0.133. The molecule has 0 aromatic heterocycles. The third-order valence-electron chi connectivity index (χ3n) is 2.77. The number of urea groups is 1. The molecule has 0 spiro atoms.